The molecule has 1 saturated carbocycles. The molecular weight excluding hydrogens is 374 g/mol. The van der Waals surface area contributed by atoms with Crippen LogP contribution in [0.2, 0.25) is 0 Å². The average Bonchev–Trinajstić information content (AvgIpc) is 3.47. The Morgan fingerprint density at radius 2 is 2.07 bits per heavy atom. The summed E-state index contributed by atoms with van der Waals surface area (Å²) >= 11 is 0. The monoisotopic (exact) mass is 397 g/mol. The number of carbonyl (C=O) groups is 2. The summed E-state index contributed by atoms with van der Waals surface area (Å²) in [6.07, 6.45) is 3.70. The van der Waals surface area contributed by atoms with Crippen LogP contribution in [0.15, 0.2) is 34.3 Å². The highest BCUT2D eigenvalue weighted by Gasteiger charge is 2.35. The predicted molar refractivity (Wildman–Crippen MR) is 105 cm³/mol. The van der Waals surface area contributed by atoms with Gasteiger partial charge in [0, 0.05) is 11.6 Å². The molecule has 4 rings (SSSR count). The molecule has 1 aromatic heterocycles. The van der Waals surface area contributed by atoms with Crippen LogP contribution in [-0.4, -0.2) is 41.1 Å². The third-order valence-electron chi connectivity index (χ3n) is 5.05. The molecule has 29 heavy (non-hydrogen) atoms. The third kappa shape index (κ3) is 3.99. The first-order chi connectivity index (χ1) is 14.0. The van der Waals surface area contributed by atoms with Crippen molar-refractivity contribution < 1.29 is 28.6 Å². The summed E-state index contributed by atoms with van der Waals surface area (Å²) in [6, 6.07) is 7.18. The van der Waals surface area contributed by atoms with Crippen molar-refractivity contribution in [3.63, 3.8) is 0 Å². The smallest absolute Gasteiger partial charge is 0.339 e. The lowest BCUT2D eigenvalue weighted by Crippen LogP contribution is -2.35. The quantitative estimate of drug-likeness (QED) is 0.767. The zero-order chi connectivity index (χ0) is 20.5. The van der Waals surface area contributed by atoms with Gasteiger partial charge in [-0.3, -0.25) is 4.79 Å². The third-order valence-corrected chi connectivity index (χ3v) is 5.05. The molecule has 2 aliphatic rings. The van der Waals surface area contributed by atoms with E-state index < -0.39 is 5.97 Å². The fourth-order valence-corrected chi connectivity index (χ4v) is 3.47. The highest BCUT2D eigenvalue weighted by molar-refractivity contribution is 5.99. The van der Waals surface area contributed by atoms with Crippen LogP contribution in [-0.2, 0) is 11.3 Å². The first kappa shape index (κ1) is 19.1. The molecule has 0 saturated heterocycles. The van der Waals surface area contributed by atoms with Crippen LogP contribution in [0, 0.1) is 6.92 Å². The maximum Gasteiger partial charge on any atom is 0.339 e. The van der Waals surface area contributed by atoms with Gasteiger partial charge in [-0.25, -0.2) is 4.79 Å². The predicted octanol–water partition coefficient (Wildman–Crippen LogP) is 3.65. The van der Waals surface area contributed by atoms with Crippen LogP contribution in [0.1, 0.15) is 47.2 Å². The largest absolute Gasteiger partial charge is 0.494 e. The van der Waals surface area contributed by atoms with E-state index in [1.54, 1.807) is 11.8 Å². The molecule has 0 atom stereocenters. The molecule has 152 valence electrons. The van der Waals surface area contributed by atoms with Gasteiger partial charge in [0.05, 0.1) is 18.7 Å². The van der Waals surface area contributed by atoms with E-state index in [4.69, 9.17) is 13.9 Å². The molecular formula is C22H23NO6. The van der Waals surface area contributed by atoms with Gasteiger partial charge in [0.15, 0.2) is 0 Å². The van der Waals surface area contributed by atoms with E-state index >= 15 is 0 Å². The summed E-state index contributed by atoms with van der Waals surface area (Å²) in [6.45, 7) is 4.52. The number of hydrogen-bond acceptors (Lipinski definition) is 5. The molecule has 1 amide bonds. The second kappa shape index (κ2) is 7.66. The van der Waals surface area contributed by atoms with Crippen LogP contribution in [0.25, 0.3) is 6.08 Å². The highest BCUT2D eigenvalue weighted by Crippen LogP contribution is 2.34. The first-order valence-corrected chi connectivity index (χ1v) is 9.70. The standard InChI is InChI=1S/C22H23NO6/c1-3-27-17-6-7-20-14(9-17)8-15(12-28-20)21(24)23(16-4-5-16)11-18-10-19(22(25)26)13(2)29-18/h6-10,16H,3-5,11-12H2,1-2H3,(H,25,26). The lowest BCUT2D eigenvalue weighted by atomic mass is 10.1. The second-order valence-electron chi connectivity index (χ2n) is 7.24. The fraction of sp³-hybridized carbons (Fsp3) is 0.364. The van der Waals surface area contributed by atoms with Crippen molar-refractivity contribution in [1.82, 2.24) is 4.90 Å². The highest BCUT2D eigenvalue weighted by atomic mass is 16.5. The molecule has 1 fully saturated rings. The van der Waals surface area contributed by atoms with Crippen molar-refractivity contribution in [3.05, 3.63) is 52.5 Å². The molecule has 0 bridgehead atoms. The summed E-state index contributed by atoms with van der Waals surface area (Å²) in [7, 11) is 0. The molecule has 2 aromatic rings. The van der Waals surface area contributed by atoms with Crippen molar-refractivity contribution in [2.24, 2.45) is 0 Å². The Morgan fingerprint density at radius 3 is 2.72 bits per heavy atom. The minimum absolute atomic E-state index is 0.120. The Bertz CT molecular complexity index is 985. The van der Waals surface area contributed by atoms with E-state index in [9.17, 15) is 14.7 Å². The summed E-state index contributed by atoms with van der Waals surface area (Å²) in [5.74, 6) is 1.10. The average molecular weight is 397 g/mol. The molecule has 0 spiro atoms. The number of amides is 1. The van der Waals surface area contributed by atoms with Gasteiger partial charge < -0.3 is 23.9 Å². The van der Waals surface area contributed by atoms with Crippen LogP contribution in [0.4, 0.5) is 0 Å². The van der Waals surface area contributed by atoms with Crippen LogP contribution in [0.3, 0.4) is 0 Å². The number of benzene rings is 1. The lowest BCUT2D eigenvalue weighted by molar-refractivity contribution is -0.128. The Hall–Kier alpha value is -3.22. The summed E-state index contributed by atoms with van der Waals surface area (Å²) < 4.78 is 16.9. The molecule has 1 aliphatic heterocycles. The topological polar surface area (TPSA) is 89.2 Å². The minimum atomic E-state index is -1.04. The van der Waals surface area contributed by atoms with Gasteiger partial charge in [0.25, 0.3) is 5.91 Å². The van der Waals surface area contributed by atoms with Crippen LogP contribution < -0.4 is 9.47 Å². The van der Waals surface area contributed by atoms with E-state index in [1.165, 1.54) is 6.07 Å². The number of ether oxygens (including phenoxy) is 2. The number of hydrogen-bond donors (Lipinski definition) is 1. The molecule has 0 radical (unpaired) electrons. The number of carboxylic acid groups (broad SMARTS) is 1. The van der Waals surface area contributed by atoms with Gasteiger partial charge >= 0.3 is 5.97 Å². The van der Waals surface area contributed by atoms with Gasteiger partial charge in [-0.05, 0) is 57.0 Å². The van der Waals surface area contributed by atoms with E-state index in [0.717, 1.165) is 29.9 Å². The number of carboxylic acids is 1. The normalized spacial score (nSPS) is 15.2. The number of nitrogens with zero attached hydrogens (tertiary/aromatic N) is 1. The van der Waals surface area contributed by atoms with Crippen molar-refractivity contribution in [2.75, 3.05) is 13.2 Å². The molecule has 1 aromatic carbocycles. The Kier molecular flexibility index (Phi) is 5.05. The fourth-order valence-electron chi connectivity index (χ4n) is 3.47. The molecule has 1 N–H and O–H groups in total. The lowest BCUT2D eigenvalue weighted by Gasteiger charge is -2.25. The summed E-state index contributed by atoms with van der Waals surface area (Å²) in [5.41, 5.74) is 1.49. The molecule has 0 unspecified atom stereocenters. The van der Waals surface area contributed by atoms with Gasteiger partial charge in [-0.2, -0.15) is 0 Å². The van der Waals surface area contributed by atoms with Crippen molar-refractivity contribution in [3.8, 4) is 11.5 Å². The van der Waals surface area contributed by atoms with Gasteiger partial charge in [-0.1, -0.05) is 0 Å². The number of carbonyl (C=O) groups excluding carboxylic acids is 1. The van der Waals surface area contributed by atoms with Crippen LogP contribution >= 0.6 is 0 Å². The van der Waals surface area contributed by atoms with Crippen LogP contribution in [0.5, 0.6) is 11.5 Å². The summed E-state index contributed by atoms with van der Waals surface area (Å²) in [4.78, 5) is 26.2. The Morgan fingerprint density at radius 1 is 1.28 bits per heavy atom. The van der Waals surface area contributed by atoms with Gasteiger partial charge in [0.2, 0.25) is 0 Å². The van der Waals surface area contributed by atoms with Gasteiger partial charge in [0.1, 0.15) is 35.2 Å². The number of aryl methyl sites for hydroxylation is 1. The second-order valence-corrected chi connectivity index (χ2v) is 7.24. The van der Waals surface area contributed by atoms with Crippen molar-refractivity contribution >= 4 is 18.0 Å². The van der Waals surface area contributed by atoms with Gasteiger partial charge in [-0.15, -0.1) is 0 Å². The Balaban J connectivity index is 1.57. The van der Waals surface area contributed by atoms with E-state index in [1.807, 2.05) is 31.2 Å². The molecule has 7 heteroatoms. The zero-order valence-corrected chi connectivity index (χ0v) is 16.4. The molecule has 1 aliphatic carbocycles. The Labute approximate surface area is 168 Å². The van der Waals surface area contributed by atoms with E-state index in [0.29, 0.717) is 23.7 Å². The number of furan rings is 1. The SMILES string of the molecule is CCOc1ccc2c(c1)C=C(C(=O)N(Cc1cc(C(=O)O)c(C)o1)C1CC1)CO2. The van der Waals surface area contributed by atoms with E-state index in [2.05, 4.69) is 0 Å². The number of aromatic carboxylic acids is 1. The molecule has 2 heterocycles. The maximum atomic E-state index is 13.2. The first-order valence-electron chi connectivity index (χ1n) is 9.70. The summed E-state index contributed by atoms with van der Waals surface area (Å²) in [5, 5.41) is 9.22. The molecule has 7 nitrogen and oxygen atoms in total. The van der Waals surface area contributed by atoms with Crippen molar-refractivity contribution in [1.29, 1.82) is 0 Å². The van der Waals surface area contributed by atoms with Crippen molar-refractivity contribution in [2.45, 2.75) is 39.3 Å². The minimum Gasteiger partial charge on any atom is -0.494 e. The van der Waals surface area contributed by atoms with E-state index in [-0.39, 0.29) is 30.7 Å². The zero-order valence-electron chi connectivity index (χ0n) is 16.4. The number of fused-ring (bicyclic) bond motifs is 1. The number of rotatable bonds is 7. The maximum absolute atomic E-state index is 13.2.